The summed E-state index contributed by atoms with van der Waals surface area (Å²) in [5, 5.41) is 0. The van der Waals surface area contributed by atoms with Crippen molar-refractivity contribution >= 4 is 5.91 Å². The lowest BCUT2D eigenvalue weighted by atomic mass is 10.1. The highest BCUT2D eigenvalue weighted by atomic mass is 16.2. The summed E-state index contributed by atoms with van der Waals surface area (Å²) in [6.45, 7) is 4.18. The van der Waals surface area contributed by atoms with E-state index in [4.69, 9.17) is 0 Å². The molecule has 0 N–H and O–H groups in total. The minimum atomic E-state index is 0.227. The largest absolute Gasteiger partial charge is 0.339 e. The van der Waals surface area contributed by atoms with E-state index in [1.54, 1.807) is 0 Å². The van der Waals surface area contributed by atoms with Gasteiger partial charge in [0.15, 0.2) is 0 Å². The molecule has 0 unspecified atom stereocenters. The van der Waals surface area contributed by atoms with Crippen molar-refractivity contribution in [3.05, 3.63) is 24.3 Å². The zero-order valence-electron chi connectivity index (χ0n) is 18.1. The molecular formula is C25H45NO. The normalized spacial score (nSPS) is 15.2. The van der Waals surface area contributed by atoms with E-state index in [1.165, 1.54) is 103 Å². The van der Waals surface area contributed by atoms with Gasteiger partial charge < -0.3 is 4.90 Å². The zero-order chi connectivity index (χ0) is 19.4. The molecule has 0 spiro atoms. The monoisotopic (exact) mass is 375 g/mol. The van der Waals surface area contributed by atoms with Crippen LogP contribution in [0.4, 0.5) is 0 Å². The van der Waals surface area contributed by atoms with Crippen LogP contribution in [0.3, 0.4) is 0 Å². The first-order chi connectivity index (χ1) is 13.3. The van der Waals surface area contributed by atoms with Gasteiger partial charge in [-0.25, -0.2) is 0 Å². The first-order valence-corrected chi connectivity index (χ1v) is 11.9. The second-order valence-electron chi connectivity index (χ2n) is 8.16. The second kappa shape index (κ2) is 18.3. The summed E-state index contributed by atoms with van der Waals surface area (Å²) in [5.41, 5.74) is 0. The molecular weight excluding hydrogens is 330 g/mol. The number of hydrogen-bond donors (Lipinski definition) is 0. The highest BCUT2D eigenvalue weighted by Gasteiger charge is 2.13. The lowest BCUT2D eigenvalue weighted by molar-refractivity contribution is -0.126. The molecule has 27 heavy (non-hydrogen) atoms. The van der Waals surface area contributed by atoms with E-state index < -0.39 is 0 Å². The van der Waals surface area contributed by atoms with Crippen LogP contribution >= 0.6 is 0 Å². The van der Waals surface area contributed by atoms with Crippen molar-refractivity contribution in [2.45, 2.75) is 116 Å². The smallest absolute Gasteiger partial charge is 0.246 e. The lowest BCUT2D eigenvalue weighted by Crippen LogP contribution is -2.34. The number of likely N-dealkylation sites (tertiary alicyclic amines) is 1. The first kappa shape index (κ1) is 24.0. The Labute approximate surface area is 169 Å². The van der Waals surface area contributed by atoms with E-state index in [0.717, 1.165) is 19.5 Å². The average molecular weight is 376 g/mol. The van der Waals surface area contributed by atoms with Gasteiger partial charge >= 0.3 is 0 Å². The molecule has 0 aromatic rings. The maximum Gasteiger partial charge on any atom is 0.246 e. The van der Waals surface area contributed by atoms with Crippen molar-refractivity contribution in [2.75, 3.05) is 13.1 Å². The maximum atomic E-state index is 12.0. The summed E-state index contributed by atoms with van der Waals surface area (Å²) in [5.74, 6) is 0.227. The van der Waals surface area contributed by atoms with E-state index >= 15 is 0 Å². The summed E-state index contributed by atoms with van der Waals surface area (Å²) in [6.07, 6.45) is 30.8. The Morgan fingerprint density at radius 3 is 1.70 bits per heavy atom. The van der Waals surface area contributed by atoms with E-state index in [-0.39, 0.29) is 5.91 Å². The van der Waals surface area contributed by atoms with Crippen LogP contribution in [0.1, 0.15) is 116 Å². The van der Waals surface area contributed by atoms with E-state index in [1.807, 2.05) is 11.0 Å². The van der Waals surface area contributed by atoms with Gasteiger partial charge in [0.05, 0.1) is 0 Å². The highest BCUT2D eigenvalue weighted by molar-refractivity contribution is 5.87. The number of piperidine rings is 1. The number of allylic oxidation sites excluding steroid dienone is 3. The predicted octanol–water partition coefficient (Wildman–Crippen LogP) is 7.59. The van der Waals surface area contributed by atoms with Crippen LogP contribution in [0.25, 0.3) is 0 Å². The third-order valence-corrected chi connectivity index (χ3v) is 5.56. The van der Waals surface area contributed by atoms with E-state index in [2.05, 4.69) is 25.2 Å². The molecule has 1 amide bonds. The molecule has 1 saturated heterocycles. The van der Waals surface area contributed by atoms with Gasteiger partial charge in [0.2, 0.25) is 5.91 Å². The van der Waals surface area contributed by atoms with Crippen molar-refractivity contribution in [3.8, 4) is 0 Å². The molecule has 2 heteroatoms. The molecule has 0 atom stereocenters. The Morgan fingerprint density at radius 2 is 1.15 bits per heavy atom. The van der Waals surface area contributed by atoms with Gasteiger partial charge in [-0.3, -0.25) is 4.79 Å². The fraction of sp³-hybridized carbons (Fsp3) is 0.800. The van der Waals surface area contributed by atoms with Crippen molar-refractivity contribution in [2.24, 2.45) is 0 Å². The van der Waals surface area contributed by atoms with Crippen molar-refractivity contribution in [1.29, 1.82) is 0 Å². The Balaban J connectivity index is 1.80. The molecule has 1 fully saturated rings. The molecule has 1 aliphatic heterocycles. The first-order valence-electron chi connectivity index (χ1n) is 11.9. The quantitative estimate of drug-likeness (QED) is 0.154. The molecule has 0 aliphatic carbocycles. The Hall–Kier alpha value is -1.05. The number of rotatable bonds is 16. The number of hydrogen-bond acceptors (Lipinski definition) is 1. The predicted molar refractivity (Wildman–Crippen MR) is 119 cm³/mol. The van der Waals surface area contributed by atoms with Crippen LogP contribution in [0.2, 0.25) is 0 Å². The number of unbranched alkanes of at least 4 members (excludes halogenated alkanes) is 12. The average Bonchev–Trinajstić information content (AvgIpc) is 2.70. The Bertz CT molecular complexity index is 393. The van der Waals surface area contributed by atoms with Gasteiger partial charge in [0.1, 0.15) is 0 Å². The highest BCUT2D eigenvalue weighted by Crippen LogP contribution is 2.12. The van der Waals surface area contributed by atoms with Gasteiger partial charge in [-0.2, -0.15) is 0 Å². The van der Waals surface area contributed by atoms with Crippen molar-refractivity contribution in [1.82, 2.24) is 4.90 Å². The van der Waals surface area contributed by atoms with Gasteiger partial charge in [-0.15, -0.1) is 0 Å². The van der Waals surface area contributed by atoms with Gasteiger partial charge in [0.25, 0.3) is 0 Å². The number of carbonyl (C=O) groups is 1. The molecule has 1 heterocycles. The van der Waals surface area contributed by atoms with Crippen LogP contribution in [0, 0.1) is 0 Å². The van der Waals surface area contributed by atoms with Gasteiger partial charge in [0, 0.05) is 13.1 Å². The fourth-order valence-corrected chi connectivity index (χ4v) is 3.74. The lowest BCUT2D eigenvalue weighted by Gasteiger charge is -2.25. The molecule has 0 aromatic carbocycles. The molecule has 156 valence electrons. The summed E-state index contributed by atoms with van der Waals surface area (Å²) in [7, 11) is 0. The Kier molecular flexibility index (Phi) is 16.3. The van der Waals surface area contributed by atoms with E-state index in [9.17, 15) is 4.79 Å². The van der Waals surface area contributed by atoms with Gasteiger partial charge in [-0.05, 0) is 63.9 Å². The van der Waals surface area contributed by atoms with Crippen molar-refractivity contribution in [3.63, 3.8) is 0 Å². The van der Waals surface area contributed by atoms with Crippen LogP contribution in [0.15, 0.2) is 24.3 Å². The minimum Gasteiger partial charge on any atom is -0.339 e. The molecule has 0 aromatic heterocycles. The fourth-order valence-electron chi connectivity index (χ4n) is 3.74. The molecule has 0 radical (unpaired) electrons. The molecule has 1 aliphatic rings. The molecule has 0 bridgehead atoms. The molecule has 0 saturated carbocycles. The maximum absolute atomic E-state index is 12.0. The number of nitrogens with zero attached hydrogens (tertiary/aromatic N) is 1. The van der Waals surface area contributed by atoms with Crippen LogP contribution in [0.5, 0.6) is 0 Å². The minimum absolute atomic E-state index is 0.227. The van der Waals surface area contributed by atoms with Crippen LogP contribution in [-0.2, 0) is 4.79 Å². The van der Waals surface area contributed by atoms with Crippen molar-refractivity contribution < 1.29 is 4.79 Å². The van der Waals surface area contributed by atoms with Crippen LogP contribution < -0.4 is 0 Å². The van der Waals surface area contributed by atoms with Crippen LogP contribution in [-0.4, -0.2) is 23.9 Å². The standard InChI is InChI=1S/C25H45NO/c1-2-3-4-5-6-7-8-9-10-11-12-13-14-15-16-17-19-22-25(27)26-23-20-18-21-24-26/h6-7,19,22H,2-5,8-18,20-21,23-24H2,1H3/b7-6-,22-19+. The van der Waals surface area contributed by atoms with E-state index in [0.29, 0.717) is 0 Å². The third kappa shape index (κ3) is 14.7. The molecule has 2 nitrogen and oxygen atoms in total. The van der Waals surface area contributed by atoms with Gasteiger partial charge in [-0.1, -0.05) is 76.5 Å². The summed E-state index contributed by atoms with van der Waals surface area (Å²) in [6, 6.07) is 0. The topological polar surface area (TPSA) is 20.3 Å². The Morgan fingerprint density at radius 1 is 0.667 bits per heavy atom. The summed E-state index contributed by atoms with van der Waals surface area (Å²) >= 11 is 0. The summed E-state index contributed by atoms with van der Waals surface area (Å²) in [4.78, 5) is 14.0. The number of amides is 1. The summed E-state index contributed by atoms with van der Waals surface area (Å²) < 4.78 is 0. The third-order valence-electron chi connectivity index (χ3n) is 5.56. The zero-order valence-corrected chi connectivity index (χ0v) is 18.1. The second-order valence-corrected chi connectivity index (χ2v) is 8.16. The SMILES string of the molecule is CCCCC/C=C\CCCCCCCCCC/C=C/C(=O)N1CCCCC1. The molecule has 1 rings (SSSR count). The number of carbonyl (C=O) groups excluding carboxylic acids is 1.